The van der Waals surface area contributed by atoms with Crippen molar-refractivity contribution >= 4 is 6.03 Å². The number of carbonyl (C=O) groups excluding carboxylic acids is 1. The highest BCUT2D eigenvalue weighted by atomic mass is 16.2. The van der Waals surface area contributed by atoms with Crippen molar-refractivity contribution in [2.75, 3.05) is 0 Å². The number of amides is 2. The van der Waals surface area contributed by atoms with E-state index >= 15 is 0 Å². The highest BCUT2D eigenvalue weighted by Crippen LogP contribution is 2.30. The molecule has 1 aromatic heterocycles. The molecule has 0 bridgehead atoms. The number of rotatable bonds is 5. The molecule has 0 saturated heterocycles. The molecule has 1 atom stereocenters. The van der Waals surface area contributed by atoms with Gasteiger partial charge in [-0.1, -0.05) is 19.9 Å². The highest BCUT2D eigenvalue weighted by Gasteiger charge is 2.36. The van der Waals surface area contributed by atoms with Gasteiger partial charge < -0.3 is 10.2 Å². The van der Waals surface area contributed by atoms with Crippen molar-refractivity contribution in [3.8, 4) is 0 Å². The molecule has 4 heteroatoms. The van der Waals surface area contributed by atoms with Crippen LogP contribution in [0, 0.1) is 12.8 Å². The summed E-state index contributed by atoms with van der Waals surface area (Å²) in [5.41, 5.74) is 1.89. The van der Waals surface area contributed by atoms with Crippen LogP contribution in [0.1, 0.15) is 45.0 Å². The molecule has 1 aliphatic carbocycles. The Balaban J connectivity index is 1.95. The number of aromatic nitrogens is 1. The van der Waals surface area contributed by atoms with Crippen LogP contribution in [0.4, 0.5) is 4.79 Å². The minimum Gasteiger partial charge on any atom is -0.332 e. The summed E-state index contributed by atoms with van der Waals surface area (Å²) in [6.45, 7) is 8.91. The van der Waals surface area contributed by atoms with Crippen LogP contribution in [0.15, 0.2) is 18.2 Å². The zero-order valence-electron chi connectivity index (χ0n) is 12.9. The van der Waals surface area contributed by atoms with Crippen LogP contribution < -0.4 is 5.32 Å². The third-order valence-electron chi connectivity index (χ3n) is 3.95. The summed E-state index contributed by atoms with van der Waals surface area (Å²) in [4.78, 5) is 18.8. The topological polar surface area (TPSA) is 45.2 Å². The Kier molecular flexibility index (Phi) is 4.63. The van der Waals surface area contributed by atoms with E-state index in [1.165, 1.54) is 0 Å². The highest BCUT2D eigenvalue weighted by molar-refractivity contribution is 5.75. The fourth-order valence-electron chi connectivity index (χ4n) is 2.31. The van der Waals surface area contributed by atoms with Gasteiger partial charge in [0.25, 0.3) is 0 Å². The number of pyridine rings is 1. The van der Waals surface area contributed by atoms with E-state index in [0.717, 1.165) is 24.2 Å². The molecule has 0 spiro atoms. The molecule has 0 aromatic carbocycles. The molecular weight excluding hydrogens is 250 g/mol. The lowest BCUT2D eigenvalue weighted by Gasteiger charge is -2.32. The fourth-order valence-corrected chi connectivity index (χ4v) is 2.31. The van der Waals surface area contributed by atoms with Gasteiger partial charge in [0.1, 0.15) is 0 Å². The molecule has 2 rings (SSSR count). The van der Waals surface area contributed by atoms with Gasteiger partial charge in [-0.05, 0) is 44.7 Å². The molecule has 1 fully saturated rings. The molecule has 0 radical (unpaired) electrons. The first kappa shape index (κ1) is 14.8. The molecule has 1 heterocycles. The monoisotopic (exact) mass is 275 g/mol. The molecule has 1 saturated carbocycles. The Morgan fingerprint density at radius 1 is 1.40 bits per heavy atom. The molecule has 2 amide bonds. The summed E-state index contributed by atoms with van der Waals surface area (Å²) in [7, 11) is 0. The first-order valence-electron chi connectivity index (χ1n) is 7.47. The van der Waals surface area contributed by atoms with Gasteiger partial charge >= 0.3 is 6.03 Å². The number of hydrogen-bond donors (Lipinski definition) is 1. The lowest BCUT2D eigenvalue weighted by atomic mass is 10.0. The van der Waals surface area contributed by atoms with Crippen molar-refractivity contribution in [1.29, 1.82) is 0 Å². The molecule has 1 N–H and O–H groups in total. The van der Waals surface area contributed by atoms with Crippen molar-refractivity contribution < 1.29 is 4.79 Å². The van der Waals surface area contributed by atoms with Crippen LogP contribution in [0.25, 0.3) is 0 Å². The number of urea groups is 1. The Hall–Kier alpha value is -1.58. The van der Waals surface area contributed by atoms with E-state index in [2.05, 4.69) is 31.1 Å². The van der Waals surface area contributed by atoms with Crippen LogP contribution in [0.3, 0.4) is 0 Å². The van der Waals surface area contributed by atoms with E-state index in [4.69, 9.17) is 0 Å². The maximum atomic E-state index is 12.4. The molecule has 4 nitrogen and oxygen atoms in total. The lowest BCUT2D eigenvalue weighted by Crippen LogP contribution is -2.48. The van der Waals surface area contributed by atoms with Crippen molar-refractivity contribution in [2.24, 2.45) is 5.92 Å². The molecule has 110 valence electrons. The Morgan fingerprint density at radius 2 is 2.10 bits per heavy atom. The fraction of sp³-hybridized carbons (Fsp3) is 0.625. The molecule has 20 heavy (non-hydrogen) atoms. The summed E-state index contributed by atoms with van der Waals surface area (Å²) in [6.07, 6.45) is 2.26. The van der Waals surface area contributed by atoms with E-state index in [1.54, 1.807) is 0 Å². The van der Waals surface area contributed by atoms with Gasteiger partial charge in [0.05, 0.1) is 12.2 Å². The Labute approximate surface area is 121 Å². The van der Waals surface area contributed by atoms with Crippen LogP contribution >= 0.6 is 0 Å². The van der Waals surface area contributed by atoms with Crippen molar-refractivity contribution in [1.82, 2.24) is 15.2 Å². The number of nitrogens with zero attached hydrogens (tertiary/aromatic N) is 2. The third-order valence-corrected chi connectivity index (χ3v) is 3.95. The summed E-state index contributed by atoms with van der Waals surface area (Å²) in [5.74, 6) is 0.471. The summed E-state index contributed by atoms with van der Waals surface area (Å²) in [6, 6.07) is 6.62. The largest absolute Gasteiger partial charge is 0.332 e. The van der Waals surface area contributed by atoms with Gasteiger partial charge in [-0.2, -0.15) is 0 Å². The Morgan fingerprint density at radius 3 is 2.65 bits per heavy atom. The second-order valence-electron chi connectivity index (χ2n) is 6.05. The molecular formula is C16H25N3O. The van der Waals surface area contributed by atoms with Crippen LogP contribution in [0.5, 0.6) is 0 Å². The molecule has 0 aliphatic heterocycles. The second kappa shape index (κ2) is 6.25. The average Bonchev–Trinajstić information content (AvgIpc) is 3.21. The maximum absolute atomic E-state index is 12.4. The SMILES string of the molecule is Cc1cccc(CNC(=O)N(C2CC2)[C@H](C)C(C)C)n1. The smallest absolute Gasteiger partial charge is 0.318 e. The summed E-state index contributed by atoms with van der Waals surface area (Å²) >= 11 is 0. The van der Waals surface area contributed by atoms with Crippen LogP contribution in [0.2, 0.25) is 0 Å². The van der Waals surface area contributed by atoms with Crippen molar-refractivity contribution in [3.63, 3.8) is 0 Å². The minimum absolute atomic E-state index is 0.0389. The van der Waals surface area contributed by atoms with Crippen molar-refractivity contribution in [2.45, 2.75) is 59.2 Å². The number of nitrogens with one attached hydrogen (secondary N) is 1. The number of carbonyl (C=O) groups is 1. The van der Waals surface area contributed by atoms with Crippen molar-refractivity contribution in [3.05, 3.63) is 29.6 Å². The standard InChI is InChI=1S/C16H25N3O/c1-11(2)13(4)19(15-8-9-15)16(20)17-10-14-7-5-6-12(3)18-14/h5-7,11,13,15H,8-10H2,1-4H3,(H,17,20)/t13-/m1/s1. The van der Waals surface area contributed by atoms with E-state index in [-0.39, 0.29) is 12.1 Å². The van der Waals surface area contributed by atoms with Crippen LogP contribution in [-0.2, 0) is 6.54 Å². The second-order valence-corrected chi connectivity index (χ2v) is 6.05. The van der Waals surface area contributed by atoms with Gasteiger partial charge in [0.15, 0.2) is 0 Å². The normalized spacial score (nSPS) is 16.1. The predicted octanol–water partition coefficient (Wildman–Crippen LogP) is 3.11. The lowest BCUT2D eigenvalue weighted by molar-refractivity contribution is 0.156. The van der Waals surface area contributed by atoms with Gasteiger partial charge in [0.2, 0.25) is 0 Å². The van der Waals surface area contributed by atoms with E-state index in [9.17, 15) is 4.79 Å². The molecule has 1 aliphatic rings. The number of aryl methyl sites for hydroxylation is 1. The predicted molar refractivity (Wildman–Crippen MR) is 80.4 cm³/mol. The van der Waals surface area contributed by atoms with Gasteiger partial charge in [-0.25, -0.2) is 4.79 Å². The zero-order valence-corrected chi connectivity index (χ0v) is 12.9. The quantitative estimate of drug-likeness (QED) is 0.897. The van der Waals surface area contributed by atoms with Gasteiger partial charge in [-0.15, -0.1) is 0 Å². The van der Waals surface area contributed by atoms with Crippen LogP contribution in [-0.4, -0.2) is 28.0 Å². The third kappa shape index (κ3) is 3.71. The molecule has 1 aromatic rings. The first-order valence-corrected chi connectivity index (χ1v) is 7.47. The van der Waals surface area contributed by atoms with E-state index in [0.29, 0.717) is 18.5 Å². The molecule has 0 unspecified atom stereocenters. The maximum Gasteiger partial charge on any atom is 0.318 e. The van der Waals surface area contributed by atoms with E-state index in [1.807, 2.05) is 30.0 Å². The average molecular weight is 275 g/mol. The van der Waals surface area contributed by atoms with E-state index < -0.39 is 0 Å². The zero-order chi connectivity index (χ0) is 14.7. The Bertz CT molecular complexity index is 469. The first-order chi connectivity index (χ1) is 9.49. The van der Waals surface area contributed by atoms with Gasteiger partial charge in [-0.3, -0.25) is 4.98 Å². The summed E-state index contributed by atoms with van der Waals surface area (Å²) < 4.78 is 0. The van der Waals surface area contributed by atoms with Gasteiger partial charge in [0, 0.05) is 17.8 Å². The summed E-state index contributed by atoms with van der Waals surface area (Å²) in [5, 5.41) is 3.01. The minimum atomic E-state index is 0.0389. The number of hydrogen-bond acceptors (Lipinski definition) is 2.